The number of rotatable bonds is 7. The minimum absolute atomic E-state index is 0.845. The van der Waals surface area contributed by atoms with Crippen LogP contribution in [0.5, 0.6) is 0 Å². The first-order chi connectivity index (χ1) is 55.5. The van der Waals surface area contributed by atoms with E-state index in [4.69, 9.17) is 23.8 Å². The third-order valence-corrected chi connectivity index (χ3v) is 23.1. The summed E-state index contributed by atoms with van der Waals surface area (Å²) in [4.78, 5) is 15.4. The van der Waals surface area contributed by atoms with Gasteiger partial charge in [-0.05, 0) is 222 Å². The van der Waals surface area contributed by atoms with Gasteiger partial charge in [0.25, 0.3) is 0 Å². The Balaban J connectivity index is 0.000000127. The van der Waals surface area contributed by atoms with Gasteiger partial charge in [0.05, 0.1) is 99.6 Å². The van der Waals surface area contributed by atoms with Crippen LogP contribution in [-0.4, -0.2) is 51.0 Å². The third kappa shape index (κ3) is 8.69. The van der Waals surface area contributed by atoms with Gasteiger partial charge in [-0.15, -0.1) is 0 Å². The first-order valence-electron chi connectivity index (χ1n) is 37.8. The van der Waals surface area contributed by atoms with E-state index >= 15 is 0 Å². The fourth-order valence-electron chi connectivity index (χ4n) is 18.2. The van der Waals surface area contributed by atoms with Crippen molar-refractivity contribution in [2.24, 2.45) is 0 Å². The molecule has 0 aliphatic rings. The third-order valence-electron chi connectivity index (χ3n) is 23.1. The van der Waals surface area contributed by atoms with Gasteiger partial charge >= 0.3 is 0 Å². The number of benzene rings is 16. The summed E-state index contributed by atoms with van der Waals surface area (Å²) in [7, 11) is 0. The maximum absolute atomic E-state index is 6.43. The van der Waals surface area contributed by atoms with Crippen molar-refractivity contribution >= 4 is 171 Å². The van der Waals surface area contributed by atoms with Crippen molar-refractivity contribution in [3.8, 4) is 50.7 Å². The molecule has 0 fully saturated rings. The fourth-order valence-corrected chi connectivity index (χ4v) is 18.2. The highest BCUT2D eigenvalue weighted by Gasteiger charge is 2.25. The monoisotopic (exact) mass is 1430 g/mol. The molecule has 0 spiro atoms. The van der Waals surface area contributed by atoms with Gasteiger partial charge in [-0.3, -0.25) is 26.9 Å². The average Bonchev–Trinajstić information content (AvgIpc) is 1.58. The predicted molar refractivity (Wildman–Crippen MR) is 456 cm³/mol. The summed E-state index contributed by atoms with van der Waals surface area (Å²) in [5.41, 5.74) is 31.0. The van der Waals surface area contributed by atoms with E-state index in [1.54, 1.807) is 0 Å². The first kappa shape index (κ1) is 60.6. The number of aromatic nitrogens is 11. The van der Waals surface area contributed by atoms with Gasteiger partial charge in [-0.1, -0.05) is 158 Å². The van der Waals surface area contributed by atoms with E-state index in [0.29, 0.717) is 0 Å². The van der Waals surface area contributed by atoms with Gasteiger partial charge in [0.1, 0.15) is 22.3 Å². The Morgan fingerprint density at radius 2 is 0.464 bits per heavy atom. The van der Waals surface area contributed by atoms with Crippen LogP contribution in [0.3, 0.4) is 0 Å². The van der Waals surface area contributed by atoms with E-state index in [-0.39, 0.29) is 0 Å². The molecule has 0 unspecified atom stereocenters. The molecule has 0 aliphatic carbocycles. The summed E-state index contributed by atoms with van der Waals surface area (Å²) >= 11 is 0. The lowest BCUT2D eigenvalue weighted by molar-refractivity contribution is 0.668. The molecule has 10 aromatic heterocycles. The second kappa shape index (κ2) is 23.0. The van der Waals surface area contributed by atoms with Gasteiger partial charge in [-0.25, -0.2) is 15.0 Å². The summed E-state index contributed by atoms with van der Waals surface area (Å²) in [5, 5.41) is 9.16. The highest BCUT2D eigenvalue weighted by molar-refractivity contribution is 6.14. The first-order valence-corrected chi connectivity index (χ1v) is 37.8. The van der Waals surface area contributed by atoms with Crippen LogP contribution in [0.25, 0.3) is 222 Å². The van der Waals surface area contributed by atoms with E-state index in [2.05, 4.69) is 382 Å². The van der Waals surface area contributed by atoms with E-state index in [9.17, 15) is 0 Å². The van der Waals surface area contributed by atoms with Crippen molar-refractivity contribution in [1.29, 1.82) is 0 Å². The molecule has 0 saturated carbocycles. The van der Waals surface area contributed by atoms with Gasteiger partial charge in [0, 0.05) is 60.2 Å². The van der Waals surface area contributed by atoms with Crippen LogP contribution >= 0.6 is 0 Å². The van der Waals surface area contributed by atoms with E-state index < -0.39 is 0 Å². The largest absolute Gasteiger partial charge is 0.456 e. The van der Waals surface area contributed by atoms with Crippen LogP contribution in [0.15, 0.2) is 367 Å². The molecule has 13 nitrogen and oxygen atoms in total. The summed E-state index contributed by atoms with van der Waals surface area (Å²) in [6.07, 6.45) is 0. The molecule has 16 aromatic carbocycles. The zero-order chi connectivity index (χ0) is 73.0. The van der Waals surface area contributed by atoms with Gasteiger partial charge in [-0.2, -0.15) is 0 Å². The lowest BCUT2D eigenvalue weighted by Crippen LogP contribution is -1.96. The minimum atomic E-state index is 0.845. The van der Waals surface area contributed by atoms with Crippen LogP contribution in [-0.2, 0) is 0 Å². The molecule has 0 amide bonds. The Hall–Kier alpha value is -15.5. The lowest BCUT2D eigenvalue weighted by Gasteiger charge is -2.11. The molecule has 0 N–H and O–H groups in total. The number of hydrogen-bond acceptors (Lipinski definition) is 5. The molecular formula is C99H59N11O2. The number of imidazole rings is 6. The smallest absolute Gasteiger partial charge is 0.220 e. The molecule has 0 atom stereocenters. The molecule has 26 rings (SSSR count). The topological polar surface area (TPSA) is 103 Å². The van der Waals surface area contributed by atoms with Crippen molar-refractivity contribution in [2.45, 2.75) is 0 Å². The van der Waals surface area contributed by atoms with Gasteiger partial charge in [0.2, 0.25) is 17.3 Å². The second-order valence-electron chi connectivity index (χ2n) is 29.2. The highest BCUT2D eigenvalue weighted by Crippen LogP contribution is 2.43. The summed E-state index contributed by atoms with van der Waals surface area (Å²) in [5.74, 6) is 2.67. The Labute approximate surface area is 635 Å². The molecule has 26 aromatic rings. The molecule has 0 radical (unpaired) electrons. The van der Waals surface area contributed by atoms with Crippen LogP contribution in [0.1, 0.15) is 0 Å². The molecule has 522 valence electrons. The Morgan fingerprint density at radius 3 is 0.929 bits per heavy atom. The molecular weight excluding hydrogens is 1380 g/mol. The number of furan rings is 2. The van der Waals surface area contributed by atoms with Crippen LogP contribution in [0.2, 0.25) is 0 Å². The molecule has 112 heavy (non-hydrogen) atoms. The minimum Gasteiger partial charge on any atom is -0.456 e. The molecule has 10 heterocycles. The van der Waals surface area contributed by atoms with Crippen molar-refractivity contribution < 1.29 is 8.83 Å². The Morgan fingerprint density at radius 1 is 0.170 bits per heavy atom. The predicted octanol–water partition coefficient (Wildman–Crippen LogP) is 24.9. The summed E-state index contributed by atoms with van der Waals surface area (Å²) in [6, 6.07) is 127. The average molecular weight is 1430 g/mol. The number of nitrogens with zero attached hydrogens (tertiary/aromatic N) is 11. The standard InChI is InChI=1S/C50H28N6O2.C49H31N5/c1-3-11-39-37(9-1)51-49-53(41-13-5-7-15-43(41)55(39)49)31-19-23-47-35(27-31)33-25-29(17-21-45(33)57-47)30-18-22-46-34(26-30)36-28-32(20-24-48(36)58-46)54-42-14-6-8-16-44(42)56-40-12-4-2-10-38(40)52-50(54)56;1-2-14-34(15-3-1)51-44-27-25-33(32-13-12-16-35(29-32)52-42-20-7-4-17-37(42)38-18-5-8-21-43(38)52)30-39(44)40-31-36(26-28-45(40)51)53-47-23-10-11-24-48(47)54-46-22-9-6-19-41(46)50-49(53)54/h1-28H;1-31H. The Kier molecular flexibility index (Phi) is 12.5. The quantitative estimate of drug-likeness (QED) is 0.158. The van der Waals surface area contributed by atoms with Crippen molar-refractivity contribution in [3.63, 3.8) is 0 Å². The summed E-state index contributed by atoms with van der Waals surface area (Å²) in [6.45, 7) is 0. The maximum Gasteiger partial charge on any atom is 0.220 e. The van der Waals surface area contributed by atoms with Gasteiger partial charge < -0.3 is 18.0 Å². The van der Waals surface area contributed by atoms with Crippen LogP contribution in [0, 0.1) is 0 Å². The molecule has 13 heteroatoms. The zero-order valence-corrected chi connectivity index (χ0v) is 59.8. The fraction of sp³-hybridized carbons (Fsp3) is 0. The lowest BCUT2D eigenvalue weighted by atomic mass is 10.0. The number of fused-ring (bicyclic) bond motifs is 27. The van der Waals surface area contributed by atoms with E-state index in [0.717, 1.165) is 172 Å². The molecule has 0 aliphatic heterocycles. The zero-order valence-electron chi connectivity index (χ0n) is 59.8. The van der Waals surface area contributed by atoms with Crippen molar-refractivity contribution in [2.75, 3.05) is 0 Å². The number of hydrogen-bond donors (Lipinski definition) is 0. The second-order valence-corrected chi connectivity index (χ2v) is 29.2. The van der Waals surface area contributed by atoms with E-state index in [1.807, 2.05) is 12.1 Å². The molecule has 0 bridgehead atoms. The maximum atomic E-state index is 6.43. The van der Waals surface area contributed by atoms with Crippen LogP contribution in [0.4, 0.5) is 0 Å². The van der Waals surface area contributed by atoms with Crippen molar-refractivity contribution in [3.05, 3.63) is 358 Å². The van der Waals surface area contributed by atoms with E-state index in [1.165, 1.54) is 49.2 Å². The van der Waals surface area contributed by atoms with Crippen molar-refractivity contribution in [1.82, 2.24) is 51.0 Å². The molecule has 0 saturated heterocycles. The highest BCUT2D eigenvalue weighted by atomic mass is 16.3. The van der Waals surface area contributed by atoms with Crippen LogP contribution < -0.4 is 0 Å². The summed E-state index contributed by atoms with van der Waals surface area (Å²) < 4.78 is 31.2. The number of para-hydroxylation sites is 15. The normalized spacial score (nSPS) is 12.3. The Bertz CT molecular complexity index is 8170. The SMILES string of the molecule is c1ccc(-n2c3ccc(-c4cccc(-n5c6ccccc6c6ccccc65)c4)cc3c3cc(-n4c5ccccc5n5c6ccccc6nc45)ccc32)cc1.c1ccc2c(c1)nc1n(-c3ccc4oc5ccc(-c6ccc7oc8ccc(-n9c%10ccccc%10n%10c%11ccccc%11nc9%10)cc8c7c6)cc5c4c3)c3ccccc3n21. The van der Waals surface area contributed by atoms with Gasteiger partial charge in [0.15, 0.2) is 0 Å².